The molecule has 4 rings (SSSR count). The Bertz CT molecular complexity index is 738. The van der Waals surface area contributed by atoms with Gasteiger partial charge in [0.05, 0.1) is 11.0 Å². The third-order valence-corrected chi connectivity index (χ3v) is 5.59. The zero-order valence-electron chi connectivity index (χ0n) is 14.4. The summed E-state index contributed by atoms with van der Waals surface area (Å²) in [5.41, 5.74) is 2.12. The maximum absolute atomic E-state index is 12.5. The third kappa shape index (κ3) is 2.93. The number of amides is 1. The Morgan fingerprint density at radius 2 is 2.04 bits per heavy atom. The number of hydrogen-bond acceptors (Lipinski definition) is 3. The number of para-hydroxylation sites is 2. The minimum Gasteiger partial charge on any atom is -0.352 e. The lowest BCUT2D eigenvalue weighted by Gasteiger charge is -2.37. The van der Waals surface area contributed by atoms with Crippen molar-refractivity contribution in [1.29, 1.82) is 0 Å². The number of fused-ring (bicyclic) bond motifs is 2. The highest BCUT2D eigenvalue weighted by Gasteiger charge is 2.35. The van der Waals surface area contributed by atoms with Gasteiger partial charge in [0, 0.05) is 25.0 Å². The lowest BCUT2D eigenvalue weighted by Crippen LogP contribution is -2.52. The van der Waals surface area contributed by atoms with E-state index in [9.17, 15) is 4.79 Å². The van der Waals surface area contributed by atoms with E-state index < -0.39 is 0 Å². The number of nitrogens with one attached hydrogen (secondary N) is 1. The number of nitrogens with zero attached hydrogens (tertiary/aromatic N) is 3. The molecule has 0 radical (unpaired) electrons. The predicted octanol–water partition coefficient (Wildman–Crippen LogP) is 2.48. The van der Waals surface area contributed by atoms with E-state index in [1.807, 2.05) is 25.1 Å². The Balaban J connectivity index is 1.38. The zero-order chi connectivity index (χ0) is 16.5. The number of imidazole rings is 1. The summed E-state index contributed by atoms with van der Waals surface area (Å²) in [6, 6.07) is 9.03. The van der Waals surface area contributed by atoms with E-state index in [1.165, 1.54) is 32.4 Å². The molecule has 2 fully saturated rings. The molecule has 2 aromatic rings. The molecular formula is C19H26N4O. The van der Waals surface area contributed by atoms with Crippen molar-refractivity contribution in [2.75, 3.05) is 13.1 Å². The van der Waals surface area contributed by atoms with Crippen molar-refractivity contribution in [2.45, 2.75) is 57.7 Å². The number of carbonyl (C=O) groups excluding carboxylic acids is 1. The van der Waals surface area contributed by atoms with Crippen molar-refractivity contribution < 1.29 is 4.79 Å². The van der Waals surface area contributed by atoms with Gasteiger partial charge in [-0.2, -0.15) is 0 Å². The van der Waals surface area contributed by atoms with Gasteiger partial charge in [-0.3, -0.25) is 9.69 Å². The largest absolute Gasteiger partial charge is 0.352 e. The summed E-state index contributed by atoms with van der Waals surface area (Å²) in [7, 11) is 0. The van der Waals surface area contributed by atoms with Crippen LogP contribution in [0, 0.1) is 6.92 Å². The molecule has 128 valence electrons. The smallest absolute Gasteiger partial charge is 0.222 e. The van der Waals surface area contributed by atoms with Crippen LogP contribution < -0.4 is 5.32 Å². The van der Waals surface area contributed by atoms with Gasteiger partial charge in [0.15, 0.2) is 0 Å². The van der Waals surface area contributed by atoms with Gasteiger partial charge in [-0.15, -0.1) is 0 Å². The molecule has 2 atom stereocenters. The number of piperidine rings is 1. The summed E-state index contributed by atoms with van der Waals surface area (Å²) in [6.07, 6.45) is 5.35. The van der Waals surface area contributed by atoms with Crippen LogP contribution in [-0.2, 0) is 11.3 Å². The highest BCUT2D eigenvalue weighted by molar-refractivity contribution is 5.78. The monoisotopic (exact) mass is 326 g/mol. The first-order valence-corrected chi connectivity index (χ1v) is 9.17. The average Bonchev–Trinajstić information content (AvgIpc) is 3.17. The van der Waals surface area contributed by atoms with Gasteiger partial charge in [0.2, 0.25) is 5.91 Å². The number of carbonyl (C=O) groups is 1. The topological polar surface area (TPSA) is 50.2 Å². The van der Waals surface area contributed by atoms with Crippen LogP contribution in [0.5, 0.6) is 0 Å². The third-order valence-electron chi connectivity index (χ3n) is 5.59. The molecule has 2 saturated heterocycles. The van der Waals surface area contributed by atoms with E-state index in [0.717, 1.165) is 23.3 Å². The van der Waals surface area contributed by atoms with Gasteiger partial charge in [-0.1, -0.05) is 12.1 Å². The highest BCUT2D eigenvalue weighted by Crippen LogP contribution is 2.27. The van der Waals surface area contributed by atoms with Gasteiger partial charge < -0.3 is 9.88 Å². The van der Waals surface area contributed by atoms with E-state index in [0.29, 0.717) is 25.0 Å². The van der Waals surface area contributed by atoms with E-state index >= 15 is 0 Å². The molecule has 1 aromatic carbocycles. The zero-order valence-corrected chi connectivity index (χ0v) is 14.4. The summed E-state index contributed by atoms with van der Waals surface area (Å²) in [6.45, 7) is 5.11. The van der Waals surface area contributed by atoms with Crippen LogP contribution >= 0.6 is 0 Å². The SMILES string of the molecule is Cc1nc2ccccc2n1CCC(=O)N[C@H]1CCCN2CCC[C@@H]12. The summed E-state index contributed by atoms with van der Waals surface area (Å²) in [5, 5.41) is 3.31. The normalized spacial score (nSPS) is 24.2. The van der Waals surface area contributed by atoms with Gasteiger partial charge in [-0.25, -0.2) is 4.98 Å². The fourth-order valence-electron chi connectivity index (χ4n) is 4.43. The molecule has 5 heteroatoms. The number of hydrogen-bond donors (Lipinski definition) is 1. The molecule has 3 heterocycles. The van der Waals surface area contributed by atoms with Gasteiger partial charge >= 0.3 is 0 Å². The van der Waals surface area contributed by atoms with Crippen LogP contribution in [0.1, 0.15) is 37.9 Å². The van der Waals surface area contributed by atoms with E-state index in [2.05, 4.69) is 25.8 Å². The van der Waals surface area contributed by atoms with Gasteiger partial charge in [-0.05, 0) is 57.8 Å². The number of aryl methyl sites for hydroxylation is 2. The quantitative estimate of drug-likeness (QED) is 0.939. The first kappa shape index (κ1) is 15.6. The van der Waals surface area contributed by atoms with E-state index in [1.54, 1.807) is 0 Å². The fraction of sp³-hybridized carbons (Fsp3) is 0.579. The Morgan fingerprint density at radius 1 is 1.25 bits per heavy atom. The molecule has 24 heavy (non-hydrogen) atoms. The fourth-order valence-corrected chi connectivity index (χ4v) is 4.43. The summed E-state index contributed by atoms with van der Waals surface area (Å²) >= 11 is 0. The first-order valence-electron chi connectivity index (χ1n) is 9.17. The molecule has 0 unspecified atom stereocenters. The van der Waals surface area contributed by atoms with Gasteiger partial charge in [0.1, 0.15) is 5.82 Å². The Labute approximate surface area is 143 Å². The average molecular weight is 326 g/mol. The summed E-state index contributed by atoms with van der Waals surface area (Å²) < 4.78 is 2.15. The standard InChI is InChI=1S/C19H26N4O/c1-14-20-16-6-2-3-8-18(16)23(14)13-10-19(24)21-15-7-4-11-22-12-5-9-17(15)22/h2-3,6,8,15,17H,4-5,7,9-13H2,1H3,(H,21,24)/t15-,17-/m0/s1. The molecule has 1 aromatic heterocycles. The molecule has 1 N–H and O–H groups in total. The molecular weight excluding hydrogens is 300 g/mol. The van der Waals surface area contributed by atoms with Crippen LogP contribution in [0.3, 0.4) is 0 Å². The minimum absolute atomic E-state index is 0.172. The summed E-state index contributed by atoms with van der Waals surface area (Å²) in [5.74, 6) is 1.15. The van der Waals surface area contributed by atoms with Crippen molar-refractivity contribution in [3.8, 4) is 0 Å². The lowest BCUT2D eigenvalue weighted by atomic mass is 9.96. The first-order chi connectivity index (χ1) is 11.7. The van der Waals surface area contributed by atoms with Crippen molar-refractivity contribution in [1.82, 2.24) is 19.8 Å². The molecule has 5 nitrogen and oxygen atoms in total. The highest BCUT2D eigenvalue weighted by atomic mass is 16.1. The molecule has 0 aliphatic carbocycles. The van der Waals surface area contributed by atoms with Crippen LogP contribution in [0.4, 0.5) is 0 Å². The van der Waals surface area contributed by atoms with Crippen molar-refractivity contribution in [3.63, 3.8) is 0 Å². The molecule has 1 amide bonds. The van der Waals surface area contributed by atoms with Crippen LogP contribution in [-0.4, -0.2) is 45.5 Å². The minimum atomic E-state index is 0.172. The van der Waals surface area contributed by atoms with E-state index in [-0.39, 0.29) is 5.91 Å². The predicted molar refractivity (Wildman–Crippen MR) is 94.8 cm³/mol. The maximum Gasteiger partial charge on any atom is 0.222 e. The second-order valence-corrected chi connectivity index (χ2v) is 7.11. The second-order valence-electron chi connectivity index (χ2n) is 7.11. The Morgan fingerprint density at radius 3 is 2.92 bits per heavy atom. The van der Waals surface area contributed by atoms with Crippen LogP contribution in [0.25, 0.3) is 11.0 Å². The Hall–Kier alpha value is -1.88. The van der Waals surface area contributed by atoms with E-state index in [4.69, 9.17) is 0 Å². The molecule has 2 aliphatic heterocycles. The lowest BCUT2D eigenvalue weighted by molar-refractivity contribution is -0.122. The van der Waals surface area contributed by atoms with Crippen molar-refractivity contribution >= 4 is 16.9 Å². The van der Waals surface area contributed by atoms with Crippen LogP contribution in [0.15, 0.2) is 24.3 Å². The molecule has 2 aliphatic rings. The van der Waals surface area contributed by atoms with Crippen molar-refractivity contribution in [3.05, 3.63) is 30.1 Å². The maximum atomic E-state index is 12.5. The molecule has 0 saturated carbocycles. The molecule has 0 bridgehead atoms. The van der Waals surface area contributed by atoms with Crippen LogP contribution in [0.2, 0.25) is 0 Å². The van der Waals surface area contributed by atoms with Crippen molar-refractivity contribution in [2.24, 2.45) is 0 Å². The number of aromatic nitrogens is 2. The Kier molecular flexibility index (Phi) is 4.27. The number of benzene rings is 1. The molecule has 0 spiro atoms. The summed E-state index contributed by atoms with van der Waals surface area (Å²) in [4.78, 5) is 19.6. The van der Waals surface area contributed by atoms with Gasteiger partial charge in [0.25, 0.3) is 0 Å². The number of rotatable bonds is 4. The second kappa shape index (κ2) is 6.55.